The summed E-state index contributed by atoms with van der Waals surface area (Å²) in [5.74, 6) is -1.23. The molecule has 0 aliphatic rings. The van der Waals surface area contributed by atoms with Gasteiger partial charge >= 0.3 is 5.97 Å². The Bertz CT molecular complexity index is 575. The highest BCUT2D eigenvalue weighted by molar-refractivity contribution is 6.33. The smallest absolute Gasteiger partial charge is 0.328 e. The molecule has 0 aliphatic heterocycles. The van der Waals surface area contributed by atoms with Crippen molar-refractivity contribution in [3.05, 3.63) is 34.9 Å². The molecule has 126 valence electrons. The predicted molar refractivity (Wildman–Crippen MR) is 87.2 cm³/mol. The molecule has 1 atom stereocenters. The summed E-state index contributed by atoms with van der Waals surface area (Å²) < 4.78 is 4.67. The van der Waals surface area contributed by atoms with Crippen molar-refractivity contribution >= 4 is 29.4 Å². The van der Waals surface area contributed by atoms with Gasteiger partial charge in [0.2, 0.25) is 5.91 Å². The number of carbonyl (C=O) groups is 3. The van der Waals surface area contributed by atoms with Crippen molar-refractivity contribution in [1.29, 1.82) is 0 Å². The maximum Gasteiger partial charge on any atom is 0.328 e. The summed E-state index contributed by atoms with van der Waals surface area (Å²) >= 11 is 5.91. The normalized spacial score (nSPS) is 11.7. The highest BCUT2D eigenvalue weighted by atomic mass is 35.5. The summed E-state index contributed by atoms with van der Waals surface area (Å²) in [5.41, 5.74) is 0.286. The first-order valence-electron chi connectivity index (χ1n) is 7.25. The SMILES string of the molecule is COC(=O)C(CC(C)C)NC(=O)CNC(=O)c1ccccc1Cl. The molecule has 0 saturated carbocycles. The quantitative estimate of drug-likeness (QED) is 0.741. The van der Waals surface area contributed by atoms with E-state index in [0.29, 0.717) is 11.4 Å². The highest BCUT2D eigenvalue weighted by Gasteiger charge is 2.22. The monoisotopic (exact) mass is 340 g/mol. The molecule has 0 aliphatic carbocycles. The molecule has 0 fully saturated rings. The van der Waals surface area contributed by atoms with Crippen LogP contribution in [0.1, 0.15) is 30.6 Å². The predicted octanol–water partition coefficient (Wildman–Crippen LogP) is 1.77. The average Bonchev–Trinajstić information content (AvgIpc) is 2.51. The number of methoxy groups -OCH3 is 1. The summed E-state index contributed by atoms with van der Waals surface area (Å²) in [5, 5.41) is 5.33. The zero-order valence-electron chi connectivity index (χ0n) is 13.4. The molecular formula is C16H21ClN2O4. The van der Waals surface area contributed by atoms with Crippen molar-refractivity contribution in [2.75, 3.05) is 13.7 Å². The van der Waals surface area contributed by atoms with Gasteiger partial charge in [0.05, 0.1) is 24.2 Å². The van der Waals surface area contributed by atoms with E-state index in [1.54, 1.807) is 24.3 Å². The Morgan fingerprint density at radius 2 is 1.87 bits per heavy atom. The number of halogens is 1. The molecule has 0 heterocycles. The van der Waals surface area contributed by atoms with E-state index in [9.17, 15) is 14.4 Å². The van der Waals surface area contributed by atoms with Gasteiger partial charge in [0.25, 0.3) is 5.91 Å². The first-order valence-corrected chi connectivity index (χ1v) is 7.62. The minimum Gasteiger partial charge on any atom is -0.467 e. The average molecular weight is 341 g/mol. The lowest BCUT2D eigenvalue weighted by Gasteiger charge is -2.18. The van der Waals surface area contributed by atoms with Crippen LogP contribution >= 0.6 is 11.6 Å². The molecule has 0 spiro atoms. The maximum absolute atomic E-state index is 12.0. The third kappa shape index (κ3) is 6.28. The Labute approximate surface area is 140 Å². The lowest BCUT2D eigenvalue weighted by atomic mass is 10.0. The molecule has 6 nitrogen and oxygen atoms in total. The van der Waals surface area contributed by atoms with Crippen LogP contribution in [0.4, 0.5) is 0 Å². The van der Waals surface area contributed by atoms with E-state index < -0.39 is 23.8 Å². The van der Waals surface area contributed by atoms with Crippen LogP contribution in [0.3, 0.4) is 0 Å². The van der Waals surface area contributed by atoms with Gasteiger partial charge in [-0.05, 0) is 24.5 Å². The molecule has 2 amide bonds. The molecule has 0 bridgehead atoms. The molecular weight excluding hydrogens is 320 g/mol. The number of carbonyl (C=O) groups excluding carboxylic acids is 3. The van der Waals surface area contributed by atoms with Crippen molar-refractivity contribution in [1.82, 2.24) is 10.6 Å². The van der Waals surface area contributed by atoms with Crippen molar-refractivity contribution in [3.63, 3.8) is 0 Å². The number of hydrogen-bond donors (Lipinski definition) is 2. The fraction of sp³-hybridized carbons (Fsp3) is 0.438. The van der Waals surface area contributed by atoms with Gasteiger partial charge in [-0.1, -0.05) is 37.6 Å². The minimum atomic E-state index is -0.732. The van der Waals surface area contributed by atoms with Gasteiger partial charge in [0, 0.05) is 0 Å². The summed E-state index contributed by atoms with van der Waals surface area (Å²) in [6, 6.07) is 5.80. The van der Waals surface area contributed by atoms with Gasteiger partial charge in [0.1, 0.15) is 6.04 Å². The third-order valence-corrected chi connectivity index (χ3v) is 3.39. The van der Waals surface area contributed by atoms with Crippen LogP contribution in [0.5, 0.6) is 0 Å². The topological polar surface area (TPSA) is 84.5 Å². The maximum atomic E-state index is 12.0. The molecule has 0 saturated heterocycles. The van der Waals surface area contributed by atoms with Crippen molar-refractivity contribution in [2.45, 2.75) is 26.3 Å². The Kier molecular flexibility index (Phi) is 7.54. The number of nitrogens with one attached hydrogen (secondary N) is 2. The van der Waals surface area contributed by atoms with Crippen LogP contribution in [0, 0.1) is 5.92 Å². The Hall–Kier alpha value is -2.08. The molecule has 7 heteroatoms. The van der Waals surface area contributed by atoms with E-state index >= 15 is 0 Å². The molecule has 2 N–H and O–H groups in total. The molecule has 23 heavy (non-hydrogen) atoms. The summed E-state index contributed by atoms with van der Waals surface area (Å²) in [4.78, 5) is 35.5. The first kappa shape index (κ1) is 19.0. The third-order valence-electron chi connectivity index (χ3n) is 3.06. The van der Waals surface area contributed by atoms with Gasteiger partial charge in [0.15, 0.2) is 0 Å². The second-order valence-corrected chi connectivity index (χ2v) is 5.84. The van der Waals surface area contributed by atoms with Crippen LogP contribution in [-0.2, 0) is 14.3 Å². The largest absolute Gasteiger partial charge is 0.467 e. The highest BCUT2D eigenvalue weighted by Crippen LogP contribution is 2.14. The van der Waals surface area contributed by atoms with Gasteiger partial charge in [-0.2, -0.15) is 0 Å². The number of ether oxygens (including phenoxy) is 1. The molecule has 1 rings (SSSR count). The van der Waals surface area contributed by atoms with E-state index in [0.717, 1.165) is 0 Å². The van der Waals surface area contributed by atoms with Crippen LogP contribution in [0.2, 0.25) is 5.02 Å². The number of esters is 1. The standard InChI is InChI=1S/C16H21ClN2O4/c1-10(2)8-13(16(22)23-3)19-14(20)9-18-15(21)11-6-4-5-7-12(11)17/h4-7,10,13H,8-9H2,1-3H3,(H,18,21)(H,19,20). The van der Waals surface area contributed by atoms with Gasteiger partial charge in [-0.15, -0.1) is 0 Å². The molecule has 1 unspecified atom stereocenters. The van der Waals surface area contributed by atoms with Crippen molar-refractivity contribution in [3.8, 4) is 0 Å². The van der Waals surface area contributed by atoms with Crippen LogP contribution < -0.4 is 10.6 Å². The first-order chi connectivity index (χ1) is 10.8. The molecule has 0 aromatic heterocycles. The number of hydrogen-bond acceptors (Lipinski definition) is 4. The summed E-state index contributed by atoms with van der Waals surface area (Å²) in [6.07, 6.45) is 0.455. The lowest BCUT2D eigenvalue weighted by Crippen LogP contribution is -2.46. The zero-order valence-corrected chi connectivity index (χ0v) is 14.1. The van der Waals surface area contributed by atoms with E-state index in [1.807, 2.05) is 13.8 Å². The van der Waals surface area contributed by atoms with E-state index in [1.165, 1.54) is 7.11 Å². The number of amides is 2. The van der Waals surface area contributed by atoms with E-state index in [-0.39, 0.29) is 18.0 Å². The van der Waals surface area contributed by atoms with Gasteiger partial charge in [-0.25, -0.2) is 4.79 Å². The number of benzene rings is 1. The number of rotatable bonds is 7. The van der Waals surface area contributed by atoms with Crippen molar-refractivity contribution < 1.29 is 19.1 Å². The second kappa shape index (κ2) is 9.15. The van der Waals surface area contributed by atoms with Gasteiger partial charge in [-0.3, -0.25) is 9.59 Å². The molecule has 0 radical (unpaired) electrons. The zero-order chi connectivity index (χ0) is 17.4. The Morgan fingerprint density at radius 1 is 1.22 bits per heavy atom. The van der Waals surface area contributed by atoms with Crippen LogP contribution in [0.15, 0.2) is 24.3 Å². The van der Waals surface area contributed by atoms with E-state index in [2.05, 4.69) is 15.4 Å². The van der Waals surface area contributed by atoms with Gasteiger partial charge < -0.3 is 15.4 Å². The summed E-state index contributed by atoms with van der Waals surface area (Å²) in [7, 11) is 1.26. The fourth-order valence-electron chi connectivity index (χ4n) is 1.97. The van der Waals surface area contributed by atoms with Crippen LogP contribution in [0.25, 0.3) is 0 Å². The Morgan fingerprint density at radius 3 is 2.43 bits per heavy atom. The second-order valence-electron chi connectivity index (χ2n) is 5.44. The Balaban J connectivity index is 2.56. The molecule has 1 aromatic carbocycles. The van der Waals surface area contributed by atoms with Crippen LogP contribution in [-0.4, -0.2) is 37.5 Å². The lowest BCUT2D eigenvalue weighted by molar-refractivity contribution is -0.145. The molecule has 1 aromatic rings. The fourth-order valence-corrected chi connectivity index (χ4v) is 2.20. The van der Waals surface area contributed by atoms with E-state index in [4.69, 9.17) is 11.6 Å². The van der Waals surface area contributed by atoms with Crippen molar-refractivity contribution in [2.24, 2.45) is 5.92 Å². The minimum absolute atomic E-state index is 0.206. The summed E-state index contributed by atoms with van der Waals surface area (Å²) in [6.45, 7) is 3.61.